The molecule has 0 radical (unpaired) electrons. The zero-order valence-corrected chi connectivity index (χ0v) is 6.94. The monoisotopic (exact) mass is 140 g/mol. The predicted octanol–water partition coefficient (Wildman–Crippen LogP) is 2.52. The lowest BCUT2D eigenvalue weighted by Crippen LogP contribution is -2.27. The number of rotatable bonds is 2. The average Bonchev–Trinajstić information content (AvgIpc) is 2.35. The van der Waals surface area contributed by atoms with Crippen LogP contribution in [0.2, 0.25) is 0 Å². The molecule has 1 nitrogen and oxygen atoms in total. The Kier molecular flexibility index (Phi) is 2.14. The Morgan fingerprint density at radius 2 is 2.40 bits per heavy atom. The van der Waals surface area contributed by atoms with Crippen LogP contribution in [0.25, 0.3) is 0 Å². The van der Waals surface area contributed by atoms with Gasteiger partial charge in [0.05, 0.1) is 5.60 Å². The van der Waals surface area contributed by atoms with Gasteiger partial charge in [0.15, 0.2) is 0 Å². The molecule has 0 amide bonds. The molecule has 1 atom stereocenters. The Morgan fingerprint density at radius 3 is 2.60 bits per heavy atom. The SMILES string of the molecule is C=C(C)[C@@]1(CC)CCCO1. The minimum absolute atomic E-state index is 0.0417. The molecule has 1 aliphatic rings. The molecule has 0 saturated carbocycles. The van der Waals surface area contributed by atoms with Gasteiger partial charge in [0.2, 0.25) is 0 Å². The molecule has 10 heavy (non-hydrogen) atoms. The molecule has 1 heterocycles. The van der Waals surface area contributed by atoms with Gasteiger partial charge in [-0.3, -0.25) is 0 Å². The first kappa shape index (κ1) is 7.80. The van der Waals surface area contributed by atoms with Crippen molar-refractivity contribution in [2.24, 2.45) is 0 Å². The van der Waals surface area contributed by atoms with Crippen molar-refractivity contribution in [1.82, 2.24) is 0 Å². The van der Waals surface area contributed by atoms with Crippen LogP contribution in [-0.4, -0.2) is 12.2 Å². The van der Waals surface area contributed by atoms with E-state index >= 15 is 0 Å². The Morgan fingerprint density at radius 1 is 1.70 bits per heavy atom. The van der Waals surface area contributed by atoms with Gasteiger partial charge in [0.1, 0.15) is 0 Å². The largest absolute Gasteiger partial charge is 0.371 e. The predicted molar refractivity (Wildman–Crippen MR) is 43.0 cm³/mol. The van der Waals surface area contributed by atoms with Gasteiger partial charge in [0.25, 0.3) is 0 Å². The minimum atomic E-state index is 0.0417. The average molecular weight is 140 g/mol. The third-order valence-electron chi connectivity index (χ3n) is 2.45. The van der Waals surface area contributed by atoms with Crippen LogP contribution in [0.1, 0.15) is 33.1 Å². The summed E-state index contributed by atoms with van der Waals surface area (Å²) in [4.78, 5) is 0. The van der Waals surface area contributed by atoms with Gasteiger partial charge >= 0.3 is 0 Å². The highest BCUT2D eigenvalue weighted by molar-refractivity contribution is 5.11. The second-order valence-electron chi connectivity index (χ2n) is 3.08. The summed E-state index contributed by atoms with van der Waals surface area (Å²) >= 11 is 0. The summed E-state index contributed by atoms with van der Waals surface area (Å²) in [5.41, 5.74) is 1.23. The lowest BCUT2D eigenvalue weighted by atomic mass is 9.90. The molecule has 0 aromatic carbocycles. The van der Waals surface area contributed by atoms with Crippen molar-refractivity contribution in [3.8, 4) is 0 Å². The van der Waals surface area contributed by atoms with E-state index in [4.69, 9.17) is 4.74 Å². The van der Waals surface area contributed by atoms with Gasteiger partial charge in [-0.15, -0.1) is 0 Å². The molecule has 58 valence electrons. The summed E-state index contributed by atoms with van der Waals surface area (Å²) in [5.74, 6) is 0. The molecule has 0 aromatic rings. The van der Waals surface area contributed by atoms with Gasteiger partial charge in [-0.1, -0.05) is 13.5 Å². The fraction of sp³-hybridized carbons (Fsp3) is 0.778. The van der Waals surface area contributed by atoms with Crippen molar-refractivity contribution in [2.75, 3.05) is 6.61 Å². The van der Waals surface area contributed by atoms with Crippen molar-refractivity contribution < 1.29 is 4.74 Å². The highest BCUT2D eigenvalue weighted by Crippen LogP contribution is 2.34. The fourth-order valence-corrected chi connectivity index (χ4v) is 1.61. The Hall–Kier alpha value is -0.300. The highest BCUT2D eigenvalue weighted by atomic mass is 16.5. The third kappa shape index (κ3) is 1.10. The summed E-state index contributed by atoms with van der Waals surface area (Å²) in [7, 11) is 0. The molecule has 1 rings (SSSR count). The third-order valence-corrected chi connectivity index (χ3v) is 2.45. The molecule has 1 saturated heterocycles. The maximum absolute atomic E-state index is 5.65. The molecule has 0 aliphatic carbocycles. The molecule has 0 aromatic heterocycles. The summed E-state index contributed by atoms with van der Waals surface area (Å²) in [6.45, 7) is 9.10. The van der Waals surface area contributed by atoms with Crippen LogP contribution < -0.4 is 0 Å². The van der Waals surface area contributed by atoms with Crippen LogP contribution in [0.15, 0.2) is 12.2 Å². The van der Waals surface area contributed by atoms with Crippen LogP contribution >= 0.6 is 0 Å². The van der Waals surface area contributed by atoms with Gasteiger partial charge in [-0.05, 0) is 31.8 Å². The summed E-state index contributed by atoms with van der Waals surface area (Å²) in [6, 6.07) is 0. The molecule has 0 spiro atoms. The second kappa shape index (κ2) is 2.75. The molecular formula is C9H16O. The molecular weight excluding hydrogens is 124 g/mol. The molecule has 0 bridgehead atoms. The summed E-state index contributed by atoms with van der Waals surface area (Å²) in [6.07, 6.45) is 3.43. The van der Waals surface area contributed by atoms with E-state index in [0.717, 1.165) is 13.0 Å². The van der Waals surface area contributed by atoms with Crippen molar-refractivity contribution in [3.05, 3.63) is 12.2 Å². The van der Waals surface area contributed by atoms with E-state index in [1.54, 1.807) is 0 Å². The maximum Gasteiger partial charge on any atom is 0.0884 e. The van der Waals surface area contributed by atoms with E-state index in [2.05, 4.69) is 20.4 Å². The molecule has 0 unspecified atom stereocenters. The Balaban J connectivity index is 2.67. The molecule has 1 fully saturated rings. The van der Waals surface area contributed by atoms with Crippen LogP contribution in [0.3, 0.4) is 0 Å². The van der Waals surface area contributed by atoms with Crippen LogP contribution in [0.4, 0.5) is 0 Å². The normalized spacial score (nSPS) is 32.6. The number of hydrogen-bond donors (Lipinski definition) is 0. The van der Waals surface area contributed by atoms with E-state index in [1.807, 2.05) is 0 Å². The standard InChI is InChI=1S/C9H16O/c1-4-9(8(2)3)6-5-7-10-9/h2,4-7H2,1,3H3/t9-/m1/s1. The first-order chi connectivity index (χ1) is 4.71. The minimum Gasteiger partial charge on any atom is -0.371 e. The summed E-state index contributed by atoms with van der Waals surface area (Å²) < 4.78 is 5.65. The van der Waals surface area contributed by atoms with Crippen molar-refractivity contribution >= 4 is 0 Å². The van der Waals surface area contributed by atoms with E-state index in [-0.39, 0.29) is 5.60 Å². The summed E-state index contributed by atoms with van der Waals surface area (Å²) in [5, 5.41) is 0. The number of ether oxygens (including phenoxy) is 1. The van der Waals surface area contributed by atoms with Crippen LogP contribution in [-0.2, 0) is 4.74 Å². The first-order valence-electron chi connectivity index (χ1n) is 4.01. The van der Waals surface area contributed by atoms with Crippen LogP contribution in [0, 0.1) is 0 Å². The lowest BCUT2D eigenvalue weighted by molar-refractivity contribution is 0.0327. The molecule has 0 N–H and O–H groups in total. The van der Waals surface area contributed by atoms with Crippen molar-refractivity contribution in [2.45, 2.75) is 38.7 Å². The van der Waals surface area contributed by atoms with E-state index in [1.165, 1.54) is 18.4 Å². The highest BCUT2D eigenvalue weighted by Gasteiger charge is 2.33. The van der Waals surface area contributed by atoms with Gasteiger partial charge < -0.3 is 4.74 Å². The lowest BCUT2D eigenvalue weighted by Gasteiger charge is -2.27. The zero-order valence-electron chi connectivity index (χ0n) is 6.94. The van der Waals surface area contributed by atoms with Gasteiger partial charge in [0, 0.05) is 6.61 Å². The molecule has 1 aliphatic heterocycles. The second-order valence-corrected chi connectivity index (χ2v) is 3.08. The quantitative estimate of drug-likeness (QED) is 0.535. The topological polar surface area (TPSA) is 9.23 Å². The smallest absolute Gasteiger partial charge is 0.0884 e. The Bertz CT molecular complexity index is 132. The van der Waals surface area contributed by atoms with Gasteiger partial charge in [-0.2, -0.15) is 0 Å². The fourth-order valence-electron chi connectivity index (χ4n) is 1.61. The van der Waals surface area contributed by atoms with Crippen molar-refractivity contribution in [1.29, 1.82) is 0 Å². The Labute approximate surface area is 63.1 Å². The maximum atomic E-state index is 5.65. The van der Waals surface area contributed by atoms with E-state index in [0.29, 0.717) is 0 Å². The van der Waals surface area contributed by atoms with Crippen molar-refractivity contribution in [3.63, 3.8) is 0 Å². The van der Waals surface area contributed by atoms with E-state index < -0.39 is 0 Å². The molecule has 1 heteroatoms. The first-order valence-corrected chi connectivity index (χ1v) is 4.01. The van der Waals surface area contributed by atoms with Crippen LogP contribution in [0.5, 0.6) is 0 Å². The van der Waals surface area contributed by atoms with E-state index in [9.17, 15) is 0 Å². The number of hydrogen-bond acceptors (Lipinski definition) is 1. The zero-order chi connectivity index (χ0) is 7.61. The van der Waals surface area contributed by atoms with Gasteiger partial charge in [-0.25, -0.2) is 0 Å².